The lowest BCUT2D eigenvalue weighted by molar-refractivity contribution is 0.0945. The molecule has 0 fully saturated rings. The van der Waals surface area contributed by atoms with Crippen molar-refractivity contribution in [1.29, 1.82) is 0 Å². The van der Waals surface area contributed by atoms with Gasteiger partial charge in [0.1, 0.15) is 11.5 Å². The third-order valence-electron chi connectivity index (χ3n) is 4.74. The molecular weight excluding hydrogens is 372 g/mol. The van der Waals surface area contributed by atoms with E-state index in [1.165, 1.54) is 5.56 Å². The molecule has 2 heterocycles. The molecule has 0 spiro atoms. The summed E-state index contributed by atoms with van der Waals surface area (Å²) in [5.41, 5.74) is 4.50. The zero-order valence-electron chi connectivity index (χ0n) is 15.6. The number of hydrogen-bond acceptors (Lipinski definition) is 2. The van der Waals surface area contributed by atoms with Crippen LogP contribution in [0.15, 0.2) is 71.1 Å². The molecule has 1 amide bonds. The van der Waals surface area contributed by atoms with Crippen molar-refractivity contribution in [3.63, 3.8) is 0 Å². The Morgan fingerprint density at radius 2 is 1.79 bits per heavy atom. The van der Waals surface area contributed by atoms with Gasteiger partial charge in [0, 0.05) is 30.2 Å². The van der Waals surface area contributed by atoms with Crippen molar-refractivity contribution in [2.45, 2.75) is 19.9 Å². The molecule has 0 aliphatic carbocycles. The summed E-state index contributed by atoms with van der Waals surface area (Å²) < 4.78 is 7.74. The Morgan fingerprint density at radius 1 is 1.04 bits per heavy atom. The predicted molar refractivity (Wildman–Crippen MR) is 112 cm³/mol. The number of halogens is 1. The van der Waals surface area contributed by atoms with E-state index >= 15 is 0 Å². The van der Waals surface area contributed by atoms with E-state index in [1.807, 2.05) is 66.1 Å². The van der Waals surface area contributed by atoms with Crippen LogP contribution in [0.2, 0.25) is 5.02 Å². The molecule has 4 rings (SSSR count). The van der Waals surface area contributed by atoms with Crippen LogP contribution in [0.1, 0.15) is 27.4 Å². The third-order valence-corrected chi connectivity index (χ3v) is 4.99. The molecule has 28 heavy (non-hydrogen) atoms. The molecule has 5 heteroatoms. The molecular formula is C23H21ClN2O2. The maximum Gasteiger partial charge on any atom is 0.268 e. The number of carbonyl (C=O) groups excluding carboxylic acids is 1. The minimum absolute atomic E-state index is 0.103. The van der Waals surface area contributed by atoms with Crippen LogP contribution in [-0.4, -0.2) is 17.0 Å². The lowest BCUT2D eigenvalue weighted by Crippen LogP contribution is -2.28. The first-order valence-corrected chi connectivity index (χ1v) is 9.64. The monoisotopic (exact) mass is 392 g/mol. The fourth-order valence-electron chi connectivity index (χ4n) is 3.35. The number of nitrogens with zero attached hydrogens (tertiary/aromatic N) is 1. The van der Waals surface area contributed by atoms with Crippen molar-refractivity contribution < 1.29 is 9.21 Å². The van der Waals surface area contributed by atoms with Gasteiger partial charge in [0.25, 0.3) is 5.91 Å². The van der Waals surface area contributed by atoms with E-state index in [0.29, 0.717) is 23.8 Å². The van der Waals surface area contributed by atoms with E-state index in [-0.39, 0.29) is 5.91 Å². The van der Waals surface area contributed by atoms with Crippen LogP contribution in [0.25, 0.3) is 11.1 Å². The fraction of sp³-hybridized carbons (Fsp3) is 0.174. The van der Waals surface area contributed by atoms with E-state index in [0.717, 1.165) is 28.8 Å². The van der Waals surface area contributed by atoms with Crippen LogP contribution in [0.3, 0.4) is 0 Å². The lowest BCUT2D eigenvalue weighted by atomic mass is 10.1. The second-order valence-corrected chi connectivity index (χ2v) is 7.28. The summed E-state index contributed by atoms with van der Waals surface area (Å²) in [5.74, 6) is 0.722. The number of amides is 1. The smallest absolute Gasteiger partial charge is 0.268 e. The topological polar surface area (TPSA) is 47.2 Å². The summed E-state index contributed by atoms with van der Waals surface area (Å²) >= 11 is 6.00. The summed E-state index contributed by atoms with van der Waals surface area (Å²) in [6, 6.07) is 21.6. The van der Waals surface area contributed by atoms with Gasteiger partial charge in [-0.15, -0.1) is 0 Å². The minimum atomic E-state index is -0.103. The highest BCUT2D eigenvalue weighted by Crippen LogP contribution is 2.25. The Morgan fingerprint density at radius 3 is 2.54 bits per heavy atom. The number of nitrogens with one attached hydrogen (secondary N) is 1. The van der Waals surface area contributed by atoms with E-state index in [2.05, 4.69) is 17.4 Å². The number of carbonyl (C=O) groups is 1. The maximum atomic E-state index is 12.9. The number of aromatic nitrogens is 1. The Kier molecular flexibility index (Phi) is 5.22. The number of hydrogen-bond donors (Lipinski definition) is 1. The largest absolute Gasteiger partial charge is 0.460 e. The summed E-state index contributed by atoms with van der Waals surface area (Å²) in [7, 11) is 0. The molecule has 2 aromatic carbocycles. The fourth-order valence-corrected chi connectivity index (χ4v) is 3.48. The normalized spacial score (nSPS) is 11.1. The number of furan rings is 1. The molecule has 0 saturated carbocycles. The third kappa shape index (κ3) is 3.97. The van der Waals surface area contributed by atoms with Crippen LogP contribution >= 0.6 is 11.6 Å². The summed E-state index contributed by atoms with van der Waals surface area (Å²) in [5, 5.41) is 3.72. The van der Waals surface area contributed by atoms with Gasteiger partial charge in [-0.1, -0.05) is 54.1 Å². The highest BCUT2D eigenvalue weighted by atomic mass is 35.5. The zero-order chi connectivity index (χ0) is 19.5. The van der Waals surface area contributed by atoms with Crippen molar-refractivity contribution in [2.75, 3.05) is 6.54 Å². The number of benzene rings is 2. The van der Waals surface area contributed by atoms with Gasteiger partial charge in [0.15, 0.2) is 5.58 Å². The van der Waals surface area contributed by atoms with E-state index in [9.17, 15) is 4.79 Å². The molecule has 0 saturated heterocycles. The zero-order valence-corrected chi connectivity index (χ0v) is 16.4. The molecule has 1 N–H and O–H groups in total. The Balaban J connectivity index is 1.56. The first kappa shape index (κ1) is 18.4. The Hall–Kier alpha value is -2.98. The van der Waals surface area contributed by atoms with E-state index in [1.54, 1.807) is 0 Å². The average Bonchev–Trinajstić information content (AvgIpc) is 3.21. The van der Waals surface area contributed by atoms with Gasteiger partial charge in [-0.25, -0.2) is 0 Å². The number of fused-ring (bicyclic) bond motifs is 1. The summed E-state index contributed by atoms with van der Waals surface area (Å²) in [6.45, 7) is 3.06. The van der Waals surface area contributed by atoms with Crippen molar-refractivity contribution in [2.24, 2.45) is 0 Å². The number of aryl methyl sites for hydroxylation is 1. The van der Waals surface area contributed by atoms with Gasteiger partial charge in [-0.2, -0.15) is 0 Å². The van der Waals surface area contributed by atoms with Crippen LogP contribution in [-0.2, 0) is 13.0 Å². The first-order chi connectivity index (χ1) is 13.6. The quantitative estimate of drug-likeness (QED) is 0.489. The standard InChI is InChI=1S/C23H21ClN2O2/c1-16-13-20-22(28-16)14-21(26(20)15-18-7-9-19(24)10-8-18)23(27)25-12-11-17-5-3-2-4-6-17/h2-10,13-14H,11-12,15H2,1H3,(H,25,27). The molecule has 0 bridgehead atoms. The van der Waals surface area contributed by atoms with Gasteiger partial charge in [-0.3, -0.25) is 4.79 Å². The van der Waals surface area contributed by atoms with Gasteiger partial charge in [0.2, 0.25) is 0 Å². The minimum Gasteiger partial charge on any atom is -0.460 e. The SMILES string of the molecule is Cc1cc2c(cc(C(=O)NCCc3ccccc3)n2Cc2ccc(Cl)cc2)o1. The van der Waals surface area contributed by atoms with Gasteiger partial charge >= 0.3 is 0 Å². The second-order valence-electron chi connectivity index (χ2n) is 6.84. The van der Waals surface area contributed by atoms with Crippen molar-refractivity contribution in [3.8, 4) is 0 Å². The molecule has 0 radical (unpaired) electrons. The van der Waals surface area contributed by atoms with Crippen LogP contribution in [0.4, 0.5) is 0 Å². The molecule has 0 atom stereocenters. The van der Waals surface area contributed by atoms with Crippen molar-refractivity contribution in [3.05, 3.63) is 94.3 Å². The van der Waals surface area contributed by atoms with Crippen LogP contribution in [0, 0.1) is 6.92 Å². The van der Waals surface area contributed by atoms with Crippen molar-refractivity contribution >= 4 is 28.6 Å². The van der Waals surface area contributed by atoms with E-state index in [4.69, 9.17) is 16.0 Å². The molecule has 0 aliphatic heterocycles. The second kappa shape index (κ2) is 7.95. The molecule has 0 unspecified atom stereocenters. The molecule has 4 nitrogen and oxygen atoms in total. The Bertz CT molecular complexity index is 1100. The molecule has 0 aliphatic rings. The molecule has 142 valence electrons. The van der Waals surface area contributed by atoms with Crippen LogP contribution < -0.4 is 5.32 Å². The lowest BCUT2D eigenvalue weighted by Gasteiger charge is -2.11. The molecule has 4 aromatic rings. The maximum absolute atomic E-state index is 12.9. The Labute approximate surface area is 168 Å². The van der Waals surface area contributed by atoms with Crippen molar-refractivity contribution in [1.82, 2.24) is 9.88 Å². The number of rotatable bonds is 6. The van der Waals surface area contributed by atoms with Gasteiger partial charge < -0.3 is 14.3 Å². The van der Waals surface area contributed by atoms with Gasteiger partial charge in [-0.05, 0) is 36.6 Å². The summed E-state index contributed by atoms with van der Waals surface area (Å²) in [6.07, 6.45) is 0.791. The first-order valence-electron chi connectivity index (χ1n) is 9.26. The predicted octanol–water partition coefficient (Wildman–Crippen LogP) is 5.22. The average molecular weight is 393 g/mol. The highest BCUT2D eigenvalue weighted by Gasteiger charge is 2.18. The summed E-state index contributed by atoms with van der Waals surface area (Å²) in [4.78, 5) is 12.9. The molecule has 2 aromatic heterocycles. The van der Waals surface area contributed by atoms with Gasteiger partial charge in [0.05, 0.1) is 5.52 Å². The van der Waals surface area contributed by atoms with E-state index < -0.39 is 0 Å². The highest BCUT2D eigenvalue weighted by molar-refractivity contribution is 6.30. The van der Waals surface area contributed by atoms with Crippen LogP contribution in [0.5, 0.6) is 0 Å².